The SMILES string of the molecule is CCC(NC(=O)Cn1ncc(Br)c1C)C12CC3CC(CC(C3)C1)C2. The van der Waals surface area contributed by atoms with Crippen molar-refractivity contribution < 1.29 is 4.79 Å². The van der Waals surface area contributed by atoms with Crippen molar-refractivity contribution in [3.05, 3.63) is 16.4 Å². The standard InChI is InChI=1S/C19H28BrN3O/c1-3-17(22-18(24)11-23-12(2)16(20)10-21-23)19-7-13-4-14(8-19)6-15(5-13)9-19/h10,13-15,17H,3-9,11H2,1-2H3,(H,22,24). The molecule has 4 aliphatic carbocycles. The summed E-state index contributed by atoms with van der Waals surface area (Å²) in [5, 5.41) is 7.68. The normalized spacial score (nSPS) is 35.2. The van der Waals surface area contributed by atoms with Crippen molar-refractivity contribution in [2.24, 2.45) is 23.2 Å². The van der Waals surface area contributed by atoms with Gasteiger partial charge in [0.05, 0.1) is 16.4 Å². The molecular formula is C19H28BrN3O. The topological polar surface area (TPSA) is 46.9 Å². The van der Waals surface area contributed by atoms with Gasteiger partial charge in [-0.1, -0.05) is 6.92 Å². The second-order valence-corrected chi connectivity index (χ2v) is 9.40. The van der Waals surface area contributed by atoms with Gasteiger partial charge in [0.25, 0.3) is 0 Å². The zero-order chi connectivity index (χ0) is 16.9. The van der Waals surface area contributed by atoms with Gasteiger partial charge in [0.1, 0.15) is 6.54 Å². The quantitative estimate of drug-likeness (QED) is 0.819. The van der Waals surface area contributed by atoms with Crippen LogP contribution in [-0.4, -0.2) is 21.7 Å². The molecule has 1 amide bonds. The van der Waals surface area contributed by atoms with Gasteiger partial charge in [-0.05, 0) is 91.0 Å². The molecule has 0 spiro atoms. The summed E-state index contributed by atoms with van der Waals surface area (Å²) < 4.78 is 2.75. The largest absolute Gasteiger partial charge is 0.351 e. The molecule has 5 rings (SSSR count). The van der Waals surface area contributed by atoms with Crippen LogP contribution in [0.15, 0.2) is 10.7 Å². The average molecular weight is 394 g/mol. The third-order valence-electron chi connectivity index (χ3n) is 6.90. The van der Waals surface area contributed by atoms with Gasteiger partial charge in [0.15, 0.2) is 0 Å². The maximum Gasteiger partial charge on any atom is 0.241 e. The molecule has 0 saturated heterocycles. The van der Waals surface area contributed by atoms with Crippen molar-refractivity contribution >= 4 is 21.8 Å². The Hall–Kier alpha value is -0.840. The lowest BCUT2D eigenvalue weighted by Crippen LogP contribution is -2.57. The number of aromatic nitrogens is 2. The van der Waals surface area contributed by atoms with E-state index in [0.29, 0.717) is 18.0 Å². The van der Waals surface area contributed by atoms with E-state index in [4.69, 9.17) is 0 Å². The first-order chi connectivity index (χ1) is 11.5. The summed E-state index contributed by atoms with van der Waals surface area (Å²) in [7, 11) is 0. The Morgan fingerprint density at radius 2 is 1.92 bits per heavy atom. The summed E-state index contributed by atoms with van der Waals surface area (Å²) in [6.45, 7) is 4.54. The van der Waals surface area contributed by atoms with Gasteiger partial charge in [-0.3, -0.25) is 9.48 Å². The molecule has 0 aromatic carbocycles. The Labute approximate surface area is 152 Å². The van der Waals surface area contributed by atoms with Gasteiger partial charge < -0.3 is 5.32 Å². The Bertz CT molecular complexity index is 603. The fraction of sp³-hybridized carbons (Fsp3) is 0.789. The molecule has 0 aliphatic heterocycles. The van der Waals surface area contributed by atoms with Crippen LogP contribution in [0.1, 0.15) is 57.6 Å². The van der Waals surface area contributed by atoms with Crippen molar-refractivity contribution in [1.82, 2.24) is 15.1 Å². The van der Waals surface area contributed by atoms with E-state index in [2.05, 4.69) is 33.3 Å². The van der Waals surface area contributed by atoms with E-state index in [9.17, 15) is 4.79 Å². The molecule has 1 atom stereocenters. The Morgan fingerprint density at radius 3 is 2.38 bits per heavy atom. The fourth-order valence-electron chi connectivity index (χ4n) is 6.25. The lowest BCUT2D eigenvalue weighted by molar-refractivity contribution is -0.127. The van der Waals surface area contributed by atoms with E-state index in [-0.39, 0.29) is 5.91 Å². The summed E-state index contributed by atoms with van der Waals surface area (Å²) >= 11 is 3.46. The molecule has 1 aromatic rings. The molecule has 4 nitrogen and oxygen atoms in total. The van der Waals surface area contributed by atoms with Crippen LogP contribution in [0.2, 0.25) is 0 Å². The number of rotatable bonds is 5. The van der Waals surface area contributed by atoms with Crippen LogP contribution in [0, 0.1) is 30.1 Å². The van der Waals surface area contributed by atoms with Crippen molar-refractivity contribution in [3.63, 3.8) is 0 Å². The third kappa shape index (κ3) is 2.83. The first-order valence-corrected chi connectivity index (χ1v) is 10.3. The summed E-state index contributed by atoms with van der Waals surface area (Å²) in [6, 6.07) is 0.331. The molecule has 1 unspecified atom stereocenters. The van der Waals surface area contributed by atoms with Crippen LogP contribution in [-0.2, 0) is 11.3 Å². The predicted octanol–water partition coefficient (Wildman–Crippen LogP) is 4.07. The van der Waals surface area contributed by atoms with Gasteiger partial charge in [0, 0.05) is 6.04 Å². The Balaban J connectivity index is 1.46. The number of nitrogens with zero attached hydrogens (tertiary/aromatic N) is 2. The van der Waals surface area contributed by atoms with Crippen LogP contribution in [0.25, 0.3) is 0 Å². The number of nitrogens with one attached hydrogen (secondary N) is 1. The minimum absolute atomic E-state index is 0.108. The molecule has 4 fully saturated rings. The number of halogens is 1. The average Bonchev–Trinajstić information content (AvgIpc) is 2.83. The first-order valence-electron chi connectivity index (χ1n) is 9.46. The van der Waals surface area contributed by atoms with E-state index in [0.717, 1.165) is 34.3 Å². The van der Waals surface area contributed by atoms with Gasteiger partial charge >= 0.3 is 0 Å². The highest BCUT2D eigenvalue weighted by Crippen LogP contribution is 2.61. The number of hydrogen-bond acceptors (Lipinski definition) is 2. The maximum atomic E-state index is 12.6. The van der Waals surface area contributed by atoms with Crippen LogP contribution in [0.4, 0.5) is 0 Å². The highest BCUT2D eigenvalue weighted by molar-refractivity contribution is 9.10. The van der Waals surface area contributed by atoms with Gasteiger partial charge in [-0.25, -0.2) is 0 Å². The molecule has 24 heavy (non-hydrogen) atoms. The van der Waals surface area contributed by atoms with E-state index < -0.39 is 0 Å². The summed E-state index contributed by atoms with van der Waals surface area (Å²) in [5.41, 5.74) is 1.38. The molecule has 4 saturated carbocycles. The highest BCUT2D eigenvalue weighted by atomic mass is 79.9. The Kier molecular flexibility index (Phi) is 4.26. The summed E-state index contributed by atoms with van der Waals surface area (Å²) in [5.74, 6) is 2.88. The van der Waals surface area contributed by atoms with Crippen molar-refractivity contribution in [2.45, 2.75) is 71.4 Å². The van der Waals surface area contributed by atoms with Gasteiger partial charge in [0.2, 0.25) is 5.91 Å². The number of hydrogen-bond donors (Lipinski definition) is 1. The number of carbonyl (C=O) groups excluding carboxylic acids is 1. The lowest BCUT2D eigenvalue weighted by Gasteiger charge is -2.59. The van der Waals surface area contributed by atoms with E-state index >= 15 is 0 Å². The molecule has 132 valence electrons. The second-order valence-electron chi connectivity index (χ2n) is 8.54. The molecule has 5 heteroatoms. The number of carbonyl (C=O) groups is 1. The van der Waals surface area contributed by atoms with Crippen molar-refractivity contribution in [1.29, 1.82) is 0 Å². The maximum absolute atomic E-state index is 12.6. The zero-order valence-electron chi connectivity index (χ0n) is 14.7. The van der Waals surface area contributed by atoms with Gasteiger partial charge in [-0.2, -0.15) is 5.10 Å². The monoisotopic (exact) mass is 393 g/mol. The van der Waals surface area contributed by atoms with Crippen molar-refractivity contribution in [3.8, 4) is 0 Å². The molecule has 4 aliphatic rings. The molecule has 0 radical (unpaired) electrons. The molecule has 1 N–H and O–H groups in total. The van der Waals surface area contributed by atoms with Crippen LogP contribution in [0.5, 0.6) is 0 Å². The van der Waals surface area contributed by atoms with Crippen molar-refractivity contribution in [2.75, 3.05) is 0 Å². The lowest BCUT2D eigenvalue weighted by atomic mass is 9.47. The third-order valence-corrected chi connectivity index (χ3v) is 7.68. The van der Waals surface area contributed by atoms with E-state index in [1.54, 1.807) is 10.9 Å². The zero-order valence-corrected chi connectivity index (χ0v) is 16.3. The fourth-order valence-corrected chi connectivity index (χ4v) is 6.55. The smallest absolute Gasteiger partial charge is 0.241 e. The van der Waals surface area contributed by atoms with Gasteiger partial charge in [-0.15, -0.1) is 0 Å². The predicted molar refractivity (Wildman–Crippen MR) is 97.5 cm³/mol. The second kappa shape index (κ2) is 6.15. The van der Waals surface area contributed by atoms with Crippen LogP contribution >= 0.6 is 15.9 Å². The van der Waals surface area contributed by atoms with E-state index in [1.807, 2.05) is 6.92 Å². The Morgan fingerprint density at radius 1 is 1.33 bits per heavy atom. The molecule has 4 bridgehead atoms. The van der Waals surface area contributed by atoms with E-state index in [1.165, 1.54) is 38.5 Å². The number of amides is 1. The first kappa shape index (κ1) is 16.6. The highest BCUT2D eigenvalue weighted by Gasteiger charge is 2.53. The minimum Gasteiger partial charge on any atom is -0.351 e. The molecular weight excluding hydrogens is 366 g/mol. The molecule has 1 aromatic heterocycles. The van der Waals surface area contributed by atoms with Crippen LogP contribution in [0.3, 0.4) is 0 Å². The molecule has 1 heterocycles. The van der Waals surface area contributed by atoms with Crippen LogP contribution < -0.4 is 5.32 Å². The summed E-state index contributed by atoms with van der Waals surface area (Å²) in [4.78, 5) is 12.6. The summed E-state index contributed by atoms with van der Waals surface area (Å²) in [6.07, 6.45) is 11.2. The minimum atomic E-state index is 0.108.